The van der Waals surface area contributed by atoms with Crippen LogP contribution in [-0.2, 0) is 10.3 Å². The number of hydrogen-bond donors (Lipinski definition) is 4. The summed E-state index contributed by atoms with van der Waals surface area (Å²) in [7, 11) is -4.26. The second kappa shape index (κ2) is 5.70. The van der Waals surface area contributed by atoms with Gasteiger partial charge in [-0.15, -0.1) is 4.83 Å². The first-order valence-electron chi connectivity index (χ1n) is 5.45. The lowest BCUT2D eigenvalue weighted by Gasteiger charge is -2.08. The maximum absolute atomic E-state index is 10.5. The zero-order valence-electron chi connectivity index (χ0n) is 9.87. The van der Waals surface area contributed by atoms with Crippen molar-refractivity contribution >= 4 is 27.4 Å². The highest BCUT2D eigenvalue weighted by Crippen LogP contribution is 2.18. The van der Waals surface area contributed by atoms with Crippen molar-refractivity contribution in [2.24, 2.45) is 0 Å². The third-order valence-corrected chi connectivity index (χ3v) is 2.63. The summed E-state index contributed by atoms with van der Waals surface area (Å²) < 4.78 is 29.5. The Morgan fingerprint density at radius 2 is 1.32 bits per heavy atom. The van der Waals surface area contributed by atoms with Crippen molar-refractivity contribution in [3.63, 3.8) is 0 Å². The molecule has 0 spiro atoms. The smallest absolute Gasteiger partial charge is 0.350 e. The van der Waals surface area contributed by atoms with Crippen LogP contribution >= 0.6 is 0 Å². The Morgan fingerprint density at radius 1 is 0.789 bits per heavy atom. The van der Waals surface area contributed by atoms with Gasteiger partial charge >= 0.3 is 10.3 Å². The fourth-order valence-corrected chi connectivity index (χ4v) is 1.70. The van der Waals surface area contributed by atoms with E-state index in [0.717, 1.165) is 11.4 Å². The minimum Gasteiger partial charge on any atom is -0.356 e. The van der Waals surface area contributed by atoms with E-state index in [1.165, 1.54) is 0 Å². The van der Waals surface area contributed by atoms with Crippen LogP contribution in [0.5, 0.6) is 0 Å². The maximum Gasteiger partial charge on any atom is 0.350 e. The van der Waals surface area contributed by atoms with Crippen LogP contribution in [0.15, 0.2) is 54.6 Å². The largest absolute Gasteiger partial charge is 0.356 e. The summed E-state index contributed by atoms with van der Waals surface area (Å²) in [6, 6.07) is 16.6. The first kappa shape index (κ1) is 13.3. The number of para-hydroxylation sites is 1. The number of anilines is 3. The molecular weight excluding hydrogens is 266 g/mol. The molecule has 6 nitrogen and oxygen atoms in total. The molecule has 0 aliphatic carbocycles. The summed E-state index contributed by atoms with van der Waals surface area (Å²) in [5, 5.41) is 3.19. The first-order chi connectivity index (χ1) is 9.03. The Balaban J connectivity index is 1.99. The summed E-state index contributed by atoms with van der Waals surface area (Å²) in [6.45, 7) is 0. The van der Waals surface area contributed by atoms with Crippen molar-refractivity contribution in [1.29, 1.82) is 0 Å². The van der Waals surface area contributed by atoms with Gasteiger partial charge < -0.3 is 10.7 Å². The van der Waals surface area contributed by atoms with Gasteiger partial charge in [-0.1, -0.05) is 18.2 Å². The van der Waals surface area contributed by atoms with Crippen molar-refractivity contribution in [2.75, 3.05) is 10.7 Å². The van der Waals surface area contributed by atoms with Crippen LogP contribution in [0.2, 0.25) is 0 Å². The van der Waals surface area contributed by atoms with E-state index in [9.17, 15) is 8.42 Å². The van der Waals surface area contributed by atoms with Crippen LogP contribution in [0.25, 0.3) is 0 Å². The molecule has 0 amide bonds. The minimum atomic E-state index is -4.26. The quantitative estimate of drug-likeness (QED) is 0.497. The SMILES string of the molecule is O=S(=O)(O)NNc1ccc(Nc2ccccc2)cc1. The molecule has 0 atom stereocenters. The van der Waals surface area contributed by atoms with E-state index >= 15 is 0 Å². The third-order valence-electron chi connectivity index (χ3n) is 2.27. The number of benzene rings is 2. The number of nitrogens with one attached hydrogen (secondary N) is 3. The van der Waals surface area contributed by atoms with Gasteiger partial charge in [-0.25, -0.2) is 0 Å². The predicted molar refractivity (Wildman–Crippen MR) is 74.5 cm³/mol. The lowest BCUT2D eigenvalue weighted by atomic mass is 10.2. The fraction of sp³-hybridized carbons (Fsp3) is 0. The molecule has 2 rings (SSSR count). The standard InChI is InChI=1S/C12H13N3O3S/c16-19(17,18)15-14-12-8-6-11(7-9-12)13-10-4-2-1-3-5-10/h1-9,13-15H,(H,16,17,18). The Kier molecular flexibility index (Phi) is 4.00. The second-order valence-corrected chi connectivity index (χ2v) is 4.92. The van der Waals surface area contributed by atoms with Crippen LogP contribution < -0.4 is 15.6 Å². The molecular formula is C12H13N3O3S. The molecule has 0 aliphatic rings. The van der Waals surface area contributed by atoms with Crippen LogP contribution in [0, 0.1) is 0 Å². The van der Waals surface area contributed by atoms with Crippen molar-refractivity contribution in [3.8, 4) is 0 Å². The van der Waals surface area contributed by atoms with E-state index in [4.69, 9.17) is 4.55 Å². The summed E-state index contributed by atoms with van der Waals surface area (Å²) >= 11 is 0. The molecule has 0 saturated carbocycles. The molecule has 2 aromatic rings. The average Bonchev–Trinajstić information content (AvgIpc) is 2.38. The van der Waals surface area contributed by atoms with Crippen molar-refractivity contribution in [3.05, 3.63) is 54.6 Å². The van der Waals surface area contributed by atoms with Crippen LogP contribution in [0.4, 0.5) is 17.1 Å². The molecule has 2 aromatic carbocycles. The Hall–Kier alpha value is -2.09. The Bertz CT molecular complexity index is 627. The van der Waals surface area contributed by atoms with Gasteiger partial charge in [-0.2, -0.15) is 8.42 Å². The van der Waals surface area contributed by atoms with Crippen LogP contribution in [0.1, 0.15) is 0 Å². The molecule has 0 aromatic heterocycles. The fourth-order valence-electron chi connectivity index (χ4n) is 1.45. The van der Waals surface area contributed by atoms with E-state index in [1.54, 1.807) is 29.1 Å². The van der Waals surface area contributed by atoms with Gasteiger partial charge in [-0.05, 0) is 36.4 Å². The van der Waals surface area contributed by atoms with E-state index in [2.05, 4.69) is 10.7 Å². The molecule has 7 heteroatoms. The van der Waals surface area contributed by atoms with E-state index in [-0.39, 0.29) is 0 Å². The molecule has 0 radical (unpaired) electrons. The van der Waals surface area contributed by atoms with E-state index in [0.29, 0.717) is 5.69 Å². The molecule has 100 valence electrons. The van der Waals surface area contributed by atoms with Crippen molar-refractivity contribution < 1.29 is 13.0 Å². The Labute approximate surface area is 111 Å². The van der Waals surface area contributed by atoms with Crippen molar-refractivity contribution in [2.45, 2.75) is 0 Å². The zero-order valence-corrected chi connectivity index (χ0v) is 10.7. The molecule has 0 unspecified atom stereocenters. The Morgan fingerprint density at radius 3 is 1.89 bits per heavy atom. The number of rotatable bonds is 5. The summed E-state index contributed by atoms with van der Waals surface area (Å²) in [5.41, 5.74) is 4.69. The normalized spacial score (nSPS) is 11.0. The average molecular weight is 279 g/mol. The highest BCUT2D eigenvalue weighted by Gasteiger charge is 2.01. The summed E-state index contributed by atoms with van der Waals surface area (Å²) in [4.78, 5) is 1.76. The molecule has 0 heterocycles. The lowest BCUT2D eigenvalue weighted by Crippen LogP contribution is -2.28. The highest BCUT2D eigenvalue weighted by atomic mass is 32.2. The molecule has 0 bridgehead atoms. The van der Waals surface area contributed by atoms with E-state index in [1.807, 2.05) is 30.3 Å². The monoisotopic (exact) mass is 279 g/mol. The third kappa shape index (κ3) is 4.59. The first-order valence-corrected chi connectivity index (χ1v) is 6.89. The lowest BCUT2D eigenvalue weighted by molar-refractivity contribution is 0.473. The zero-order chi connectivity index (χ0) is 13.7. The van der Waals surface area contributed by atoms with Gasteiger partial charge in [0.2, 0.25) is 0 Å². The topological polar surface area (TPSA) is 90.5 Å². The minimum absolute atomic E-state index is 0.510. The second-order valence-electron chi connectivity index (χ2n) is 3.77. The predicted octanol–water partition coefficient (Wildman–Crippen LogP) is 2.15. The van der Waals surface area contributed by atoms with Gasteiger partial charge in [0.15, 0.2) is 0 Å². The highest BCUT2D eigenvalue weighted by molar-refractivity contribution is 7.83. The van der Waals surface area contributed by atoms with Gasteiger partial charge in [0, 0.05) is 11.4 Å². The van der Waals surface area contributed by atoms with Gasteiger partial charge in [-0.3, -0.25) is 4.55 Å². The van der Waals surface area contributed by atoms with Crippen LogP contribution in [-0.4, -0.2) is 13.0 Å². The van der Waals surface area contributed by atoms with Gasteiger partial charge in [0.25, 0.3) is 0 Å². The molecule has 0 saturated heterocycles. The van der Waals surface area contributed by atoms with Crippen molar-refractivity contribution in [1.82, 2.24) is 4.83 Å². The summed E-state index contributed by atoms with van der Waals surface area (Å²) in [5.74, 6) is 0. The molecule has 0 fully saturated rings. The molecule has 4 N–H and O–H groups in total. The van der Waals surface area contributed by atoms with Gasteiger partial charge in [0.05, 0.1) is 5.69 Å². The summed E-state index contributed by atoms with van der Waals surface area (Å²) in [6.07, 6.45) is 0. The van der Waals surface area contributed by atoms with Gasteiger partial charge in [0.1, 0.15) is 0 Å². The molecule has 0 aliphatic heterocycles. The maximum atomic E-state index is 10.5. The number of hydrazine groups is 1. The van der Waals surface area contributed by atoms with E-state index < -0.39 is 10.3 Å². The number of hydrogen-bond acceptors (Lipinski definition) is 4. The molecule has 19 heavy (non-hydrogen) atoms. The van der Waals surface area contributed by atoms with Crippen LogP contribution in [0.3, 0.4) is 0 Å².